The predicted octanol–water partition coefficient (Wildman–Crippen LogP) is 2.27. The van der Waals surface area contributed by atoms with E-state index in [-0.39, 0.29) is 13.2 Å². The summed E-state index contributed by atoms with van der Waals surface area (Å²) in [6, 6.07) is 8.15. The van der Waals surface area contributed by atoms with Crippen LogP contribution in [-0.2, 0) is 13.6 Å². The summed E-state index contributed by atoms with van der Waals surface area (Å²) in [4.78, 5) is 0. The summed E-state index contributed by atoms with van der Waals surface area (Å²) >= 11 is 0. The molecule has 3 N–H and O–H groups in total. The average molecular weight is 273 g/mol. The van der Waals surface area contributed by atoms with E-state index in [2.05, 4.69) is 0 Å². The first kappa shape index (κ1) is 15.3. The van der Waals surface area contributed by atoms with E-state index < -0.39 is 19.5 Å². The minimum atomic E-state index is -3.60. The number of aliphatic hydroxyl groups is 1. The van der Waals surface area contributed by atoms with Gasteiger partial charge in [0.25, 0.3) is 0 Å². The van der Waals surface area contributed by atoms with E-state index in [0.29, 0.717) is 5.56 Å². The molecule has 0 aromatic heterocycles. The van der Waals surface area contributed by atoms with Crippen molar-refractivity contribution in [3.63, 3.8) is 0 Å². The van der Waals surface area contributed by atoms with Crippen LogP contribution in [0.5, 0.6) is 0 Å². The van der Waals surface area contributed by atoms with Crippen molar-refractivity contribution < 1.29 is 18.7 Å². The van der Waals surface area contributed by atoms with Gasteiger partial charge < -0.3 is 19.9 Å². The van der Waals surface area contributed by atoms with E-state index in [9.17, 15) is 9.67 Å². The second-order valence-corrected chi connectivity index (χ2v) is 5.85. The first-order chi connectivity index (χ1) is 8.55. The van der Waals surface area contributed by atoms with Crippen molar-refractivity contribution >= 4 is 7.60 Å². The lowest BCUT2D eigenvalue weighted by Gasteiger charge is -2.26. The number of hydrogen-bond donors (Lipinski definition) is 2. The van der Waals surface area contributed by atoms with Crippen molar-refractivity contribution in [2.75, 3.05) is 13.2 Å². The lowest BCUT2D eigenvalue weighted by Crippen LogP contribution is -2.27. The molecule has 0 unspecified atom stereocenters. The molecule has 102 valence electrons. The third-order valence-corrected chi connectivity index (χ3v) is 4.65. The fraction of sp³-hybridized carbons (Fsp3) is 0.500. The summed E-state index contributed by atoms with van der Waals surface area (Å²) in [5.41, 5.74) is 6.59. The molecular weight excluding hydrogens is 253 g/mol. The van der Waals surface area contributed by atoms with Gasteiger partial charge in [0, 0.05) is 0 Å². The van der Waals surface area contributed by atoms with Crippen LogP contribution in [0.1, 0.15) is 25.5 Å². The maximum absolute atomic E-state index is 12.4. The Kier molecular flexibility index (Phi) is 5.99. The monoisotopic (exact) mass is 273 g/mol. The highest BCUT2D eigenvalue weighted by Gasteiger charge is 2.38. The average Bonchev–Trinajstić information content (AvgIpc) is 2.38. The van der Waals surface area contributed by atoms with Gasteiger partial charge in [0.15, 0.2) is 5.85 Å². The van der Waals surface area contributed by atoms with Gasteiger partial charge in [-0.15, -0.1) is 0 Å². The van der Waals surface area contributed by atoms with Crippen molar-refractivity contribution in [3.05, 3.63) is 35.9 Å². The number of aliphatic hydroxyl groups excluding tert-OH is 1. The maximum atomic E-state index is 12.4. The summed E-state index contributed by atoms with van der Waals surface area (Å²) in [5.74, 6) is -1.38. The van der Waals surface area contributed by atoms with E-state index in [1.54, 1.807) is 38.1 Å². The molecule has 1 aromatic rings. The molecule has 0 aliphatic carbocycles. The summed E-state index contributed by atoms with van der Waals surface area (Å²) in [7, 11) is -3.60. The Hall–Kier alpha value is -0.710. The van der Waals surface area contributed by atoms with E-state index >= 15 is 0 Å². The molecule has 1 rings (SSSR count). The predicted molar refractivity (Wildman–Crippen MR) is 70.2 cm³/mol. The fourth-order valence-electron chi connectivity index (χ4n) is 1.59. The van der Waals surface area contributed by atoms with Crippen LogP contribution in [0.25, 0.3) is 0 Å². The van der Waals surface area contributed by atoms with Gasteiger partial charge in [-0.2, -0.15) is 0 Å². The third-order valence-electron chi connectivity index (χ3n) is 2.45. The summed E-state index contributed by atoms with van der Waals surface area (Å²) in [6.45, 7) is 3.75. The molecular formula is C12H20NO4P. The molecule has 5 nitrogen and oxygen atoms in total. The van der Waals surface area contributed by atoms with Crippen molar-refractivity contribution in [1.29, 1.82) is 0 Å². The number of nitrogens with two attached hydrogens (primary N) is 1. The molecule has 0 saturated heterocycles. The third kappa shape index (κ3) is 3.64. The van der Waals surface area contributed by atoms with Gasteiger partial charge in [0.1, 0.15) is 0 Å². The first-order valence-corrected chi connectivity index (χ1v) is 7.53. The van der Waals surface area contributed by atoms with Gasteiger partial charge >= 0.3 is 7.60 Å². The minimum Gasteiger partial charge on any atom is -0.379 e. The highest BCUT2D eigenvalue weighted by Crippen LogP contribution is 2.55. The maximum Gasteiger partial charge on any atom is 0.360 e. The van der Waals surface area contributed by atoms with E-state index in [1.807, 2.05) is 6.07 Å². The summed E-state index contributed by atoms with van der Waals surface area (Å²) < 4.78 is 22.5. The zero-order valence-corrected chi connectivity index (χ0v) is 11.5. The van der Waals surface area contributed by atoms with Crippen LogP contribution in [0.4, 0.5) is 0 Å². The number of hydrogen-bond acceptors (Lipinski definition) is 5. The summed E-state index contributed by atoms with van der Waals surface area (Å²) in [6.07, 6.45) is 0. The Morgan fingerprint density at radius 3 is 2.17 bits per heavy atom. The molecule has 0 heterocycles. The van der Waals surface area contributed by atoms with Crippen LogP contribution in [0.2, 0.25) is 0 Å². The smallest absolute Gasteiger partial charge is 0.360 e. The lowest BCUT2D eigenvalue weighted by atomic mass is 10.1. The molecule has 0 aliphatic heterocycles. The van der Waals surface area contributed by atoms with E-state index in [0.717, 1.165) is 0 Å². The first-order valence-electron chi connectivity index (χ1n) is 5.92. The Morgan fingerprint density at radius 2 is 1.72 bits per heavy atom. The van der Waals surface area contributed by atoms with Gasteiger partial charge in [-0.1, -0.05) is 30.3 Å². The second-order valence-electron chi connectivity index (χ2n) is 3.73. The zero-order valence-electron chi connectivity index (χ0n) is 10.7. The molecule has 0 radical (unpaired) electrons. The fourth-order valence-corrected chi connectivity index (χ4v) is 3.26. The second kappa shape index (κ2) is 7.02. The normalized spacial score (nSPS) is 15.3. The molecule has 1 aromatic carbocycles. The van der Waals surface area contributed by atoms with E-state index in [4.69, 9.17) is 14.8 Å². The van der Waals surface area contributed by atoms with E-state index in [1.165, 1.54) is 0 Å². The molecule has 0 fully saturated rings. The zero-order chi connectivity index (χ0) is 13.6. The highest BCUT2D eigenvalue weighted by molar-refractivity contribution is 7.54. The van der Waals surface area contributed by atoms with Crippen molar-refractivity contribution in [2.24, 2.45) is 5.73 Å². The molecule has 0 bridgehead atoms. The molecule has 0 spiro atoms. The Labute approximate surface area is 107 Å². The molecule has 18 heavy (non-hydrogen) atoms. The van der Waals surface area contributed by atoms with Crippen LogP contribution in [0.3, 0.4) is 0 Å². The number of rotatable bonds is 7. The highest BCUT2D eigenvalue weighted by atomic mass is 31.2. The molecule has 6 heteroatoms. The van der Waals surface area contributed by atoms with Crippen molar-refractivity contribution in [1.82, 2.24) is 0 Å². The lowest BCUT2D eigenvalue weighted by molar-refractivity contribution is 0.134. The SMILES string of the molecule is CCOP(=O)(OCC)[C@@H](O)[C@@H](N)c1ccccc1. The Bertz CT molecular complexity index is 388. The van der Waals surface area contributed by atoms with Crippen LogP contribution in [0.15, 0.2) is 30.3 Å². The van der Waals surface area contributed by atoms with Crippen LogP contribution < -0.4 is 5.73 Å². The van der Waals surface area contributed by atoms with Gasteiger partial charge in [0.2, 0.25) is 0 Å². The topological polar surface area (TPSA) is 81.8 Å². The standard InChI is InChI=1S/C12H20NO4P/c1-3-16-18(15,17-4-2)12(14)11(13)10-8-6-5-7-9-10/h5-9,11-12,14H,3-4,13H2,1-2H3/t11-,12+/m0/s1. The van der Waals surface area contributed by atoms with Crippen LogP contribution in [-0.4, -0.2) is 24.2 Å². The van der Waals surface area contributed by atoms with Gasteiger partial charge in [-0.3, -0.25) is 4.57 Å². The molecule has 0 aliphatic rings. The minimum absolute atomic E-state index is 0.190. The summed E-state index contributed by atoms with van der Waals surface area (Å²) in [5, 5.41) is 10.1. The van der Waals surface area contributed by atoms with Crippen LogP contribution in [0, 0.1) is 0 Å². The molecule has 0 amide bonds. The van der Waals surface area contributed by atoms with Gasteiger partial charge in [0.05, 0.1) is 19.3 Å². The Morgan fingerprint density at radius 1 is 1.22 bits per heavy atom. The van der Waals surface area contributed by atoms with Crippen molar-refractivity contribution in [3.8, 4) is 0 Å². The van der Waals surface area contributed by atoms with Gasteiger partial charge in [-0.25, -0.2) is 0 Å². The largest absolute Gasteiger partial charge is 0.379 e. The Balaban J connectivity index is 2.89. The molecule has 0 saturated carbocycles. The van der Waals surface area contributed by atoms with Crippen molar-refractivity contribution in [2.45, 2.75) is 25.7 Å². The number of benzene rings is 1. The quantitative estimate of drug-likeness (QED) is 0.745. The van der Waals surface area contributed by atoms with Crippen LogP contribution >= 0.6 is 7.60 Å². The molecule has 2 atom stereocenters. The van der Waals surface area contributed by atoms with Gasteiger partial charge in [-0.05, 0) is 19.4 Å².